The number of anilines is 1. The number of piperazine rings is 1. The molecule has 3 rings (SSSR count). The number of aromatic nitrogens is 1. The number of rotatable bonds is 6. The maximum atomic E-state index is 12.7. The van der Waals surface area contributed by atoms with E-state index in [0.717, 1.165) is 37.6 Å². The normalized spacial score (nSPS) is 16.2. The number of amides is 1. The van der Waals surface area contributed by atoms with E-state index in [1.165, 1.54) is 0 Å². The topological polar surface area (TPSA) is 51.7 Å². The third-order valence-corrected chi connectivity index (χ3v) is 5.38. The van der Waals surface area contributed by atoms with Crippen LogP contribution in [-0.2, 0) is 0 Å². The Hall–Kier alpha value is -2.15. The van der Waals surface area contributed by atoms with Gasteiger partial charge in [-0.15, -0.1) is 0 Å². The van der Waals surface area contributed by atoms with Gasteiger partial charge in [-0.05, 0) is 51.0 Å². The van der Waals surface area contributed by atoms with E-state index in [4.69, 9.17) is 11.6 Å². The van der Waals surface area contributed by atoms with Crippen LogP contribution in [0.4, 0.5) is 5.82 Å². The molecule has 0 radical (unpaired) electrons. The van der Waals surface area contributed by atoms with Crippen LogP contribution in [0.3, 0.4) is 0 Å². The minimum absolute atomic E-state index is 0.0431. The lowest BCUT2D eigenvalue weighted by Gasteiger charge is -2.33. The van der Waals surface area contributed by atoms with E-state index in [9.17, 15) is 4.79 Å². The van der Waals surface area contributed by atoms with Gasteiger partial charge in [0.15, 0.2) is 0 Å². The molecule has 1 aromatic carbocycles. The van der Waals surface area contributed by atoms with E-state index in [1.807, 2.05) is 44.4 Å². The zero-order chi connectivity index (χ0) is 20.1. The number of nitrogens with one attached hydrogen (secondary N) is 1. The van der Waals surface area contributed by atoms with Crippen LogP contribution in [0.5, 0.6) is 0 Å². The highest BCUT2D eigenvalue weighted by Gasteiger charge is 2.19. The third kappa shape index (κ3) is 5.22. The average Bonchev–Trinajstić information content (AvgIpc) is 2.68. The van der Waals surface area contributed by atoms with Crippen LogP contribution in [0, 0.1) is 0 Å². The molecule has 0 bridgehead atoms. The number of benzene rings is 1. The van der Waals surface area contributed by atoms with Crippen molar-refractivity contribution in [3.63, 3.8) is 0 Å². The molecule has 1 aliphatic heterocycles. The molecular formula is C21H28ClN5O. The van der Waals surface area contributed by atoms with Crippen molar-refractivity contribution < 1.29 is 4.79 Å². The first-order valence-corrected chi connectivity index (χ1v) is 9.91. The standard InChI is InChI=1S/C21H28ClN5O/c1-25(2)19(16-5-4-6-18(22)13-16)15-24-21(28)17-7-8-23-20(14-17)27-11-9-26(3)10-12-27/h4-8,13-14,19H,9-12,15H2,1-3H3,(H,24,28)/t19-/m1/s1. The molecule has 1 atom stereocenters. The summed E-state index contributed by atoms with van der Waals surface area (Å²) < 4.78 is 0. The fraction of sp³-hybridized carbons (Fsp3) is 0.429. The molecule has 1 aliphatic rings. The summed E-state index contributed by atoms with van der Waals surface area (Å²) in [6.07, 6.45) is 1.71. The molecule has 0 saturated carbocycles. The number of hydrogen-bond donors (Lipinski definition) is 1. The average molecular weight is 402 g/mol. The van der Waals surface area contributed by atoms with Crippen LogP contribution in [0.15, 0.2) is 42.6 Å². The lowest BCUT2D eigenvalue weighted by atomic mass is 10.1. The van der Waals surface area contributed by atoms with Crippen molar-refractivity contribution >= 4 is 23.3 Å². The van der Waals surface area contributed by atoms with Gasteiger partial charge in [-0.1, -0.05) is 23.7 Å². The van der Waals surface area contributed by atoms with Gasteiger partial charge in [0.2, 0.25) is 0 Å². The molecule has 2 heterocycles. The van der Waals surface area contributed by atoms with Crippen LogP contribution in [-0.4, -0.2) is 74.6 Å². The SMILES string of the molecule is CN1CCN(c2cc(C(=O)NC[C@H](c3cccc(Cl)c3)N(C)C)ccn2)CC1. The Morgan fingerprint density at radius 2 is 1.96 bits per heavy atom. The molecule has 0 spiro atoms. The first-order valence-electron chi connectivity index (χ1n) is 9.53. The van der Waals surface area contributed by atoms with Crippen molar-refractivity contribution in [1.29, 1.82) is 0 Å². The molecule has 0 unspecified atom stereocenters. The monoisotopic (exact) mass is 401 g/mol. The van der Waals surface area contributed by atoms with Crippen molar-refractivity contribution in [3.8, 4) is 0 Å². The second kappa shape index (κ2) is 9.37. The molecule has 7 heteroatoms. The van der Waals surface area contributed by atoms with Crippen LogP contribution in [0.25, 0.3) is 0 Å². The maximum Gasteiger partial charge on any atom is 0.251 e. The van der Waals surface area contributed by atoms with Gasteiger partial charge in [-0.3, -0.25) is 4.79 Å². The summed E-state index contributed by atoms with van der Waals surface area (Å²) in [6, 6.07) is 11.4. The first-order chi connectivity index (χ1) is 13.4. The van der Waals surface area contributed by atoms with Crippen molar-refractivity contribution in [2.24, 2.45) is 0 Å². The fourth-order valence-electron chi connectivity index (χ4n) is 3.37. The summed E-state index contributed by atoms with van der Waals surface area (Å²) in [6.45, 7) is 4.35. The van der Waals surface area contributed by atoms with E-state index >= 15 is 0 Å². The second-order valence-corrected chi connectivity index (χ2v) is 7.87. The highest BCUT2D eigenvalue weighted by atomic mass is 35.5. The summed E-state index contributed by atoms with van der Waals surface area (Å²) in [5.41, 5.74) is 1.71. The molecule has 150 valence electrons. The van der Waals surface area contributed by atoms with Crippen LogP contribution in [0.1, 0.15) is 22.0 Å². The van der Waals surface area contributed by atoms with Gasteiger partial charge in [0.1, 0.15) is 5.82 Å². The zero-order valence-electron chi connectivity index (χ0n) is 16.7. The molecular weight excluding hydrogens is 374 g/mol. The van der Waals surface area contributed by atoms with Gasteiger partial charge >= 0.3 is 0 Å². The zero-order valence-corrected chi connectivity index (χ0v) is 17.5. The van der Waals surface area contributed by atoms with Crippen LogP contribution in [0.2, 0.25) is 5.02 Å². The first kappa shape index (κ1) is 20.6. The van der Waals surface area contributed by atoms with E-state index in [1.54, 1.807) is 12.3 Å². The van der Waals surface area contributed by atoms with Gasteiger partial charge in [-0.2, -0.15) is 0 Å². The molecule has 0 aliphatic carbocycles. The molecule has 1 fully saturated rings. The van der Waals surface area contributed by atoms with Gasteiger partial charge in [0.05, 0.1) is 6.04 Å². The predicted molar refractivity (Wildman–Crippen MR) is 114 cm³/mol. The fourth-order valence-corrected chi connectivity index (χ4v) is 3.57. The molecule has 1 amide bonds. The number of nitrogens with zero attached hydrogens (tertiary/aromatic N) is 4. The number of halogens is 1. The minimum atomic E-state index is -0.0911. The number of hydrogen-bond acceptors (Lipinski definition) is 5. The molecule has 6 nitrogen and oxygen atoms in total. The van der Waals surface area contributed by atoms with E-state index < -0.39 is 0 Å². The van der Waals surface area contributed by atoms with Crippen molar-refractivity contribution in [2.75, 3.05) is 58.8 Å². The van der Waals surface area contributed by atoms with Crippen molar-refractivity contribution in [3.05, 3.63) is 58.7 Å². The quantitative estimate of drug-likeness (QED) is 0.806. The van der Waals surface area contributed by atoms with Crippen molar-refractivity contribution in [2.45, 2.75) is 6.04 Å². The molecule has 2 aromatic rings. The third-order valence-electron chi connectivity index (χ3n) is 5.15. The smallest absolute Gasteiger partial charge is 0.251 e. The van der Waals surface area contributed by atoms with Crippen LogP contribution < -0.4 is 10.2 Å². The lowest BCUT2D eigenvalue weighted by molar-refractivity contribution is 0.0942. The van der Waals surface area contributed by atoms with Gasteiger partial charge < -0.3 is 20.0 Å². The number of carbonyl (C=O) groups excluding carboxylic acids is 1. The largest absolute Gasteiger partial charge is 0.354 e. The summed E-state index contributed by atoms with van der Waals surface area (Å²) in [5.74, 6) is 0.770. The summed E-state index contributed by atoms with van der Waals surface area (Å²) in [7, 11) is 6.11. The Morgan fingerprint density at radius 1 is 1.21 bits per heavy atom. The minimum Gasteiger partial charge on any atom is -0.354 e. The molecule has 1 aromatic heterocycles. The van der Waals surface area contributed by atoms with E-state index in [2.05, 4.69) is 32.0 Å². The summed E-state index contributed by atoms with van der Waals surface area (Å²) in [5, 5.41) is 3.75. The van der Waals surface area contributed by atoms with Crippen molar-refractivity contribution in [1.82, 2.24) is 20.1 Å². The number of likely N-dealkylation sites (N-methyl/N-ethyl adjacent to an activating group) is 2. The second-order valence-electron chi connectivity index (χ2n) is 7.44. The Morgan fingerprint density at radius 3 is 2.64 bits per heavy atom. The highest BCUT2D eigenvalue weighted by Crippen LogP contribution is 2.21. The Bertz CT molecular complexity index is 805. The number of carbonyl (C=O) groups is 1. The Balaban J connectivity index is 1.66. The maximum absolute atomic E-state index is 12.7. The summed E-state index contributed by atoms with van der Waals surface area (Å²) >= 11 is 6.13. The summed E-state index contributed by atoms with van der Waals surface area (Å²) in [4.78, 5) is 23.8. The Labute approximate surface area is 172 Å². The Kier molecular flexibility index (Phi) is 6.88. The van der Waals surface area contributed by atoms with E-state index in [-0.39, 0.29) is 11.9 Å². The molecule has 28 heavy (non-hydrogen) atoms. The van der Waals surface area contributed by atoms with Gasteiger partial charge in [-0.25, -0.2) is 4.98 Å². The van der Waals surface area contributed by atoms with E-state index in [0.29, 0.717) is 17.1 Å². The lowest BCUT2D eigenvalue weighted by Crippen LogP contribution is -2.44. The molecule has 1 N–H and O–H groups in total. The highest BCUT2D eigenvalue weighted by molar-refractivity contribution is 6.30. The van der Waals surface area contributed by atoms with Gasteiger partial charge in [0.25, 0.3) is 5.91 Å². The number of pyridine rings is 1. The van der Waals surface area contributed by atoms with Gasteiger partial charge in [0, 0.05) is 49.5 Å². The molecule has 1 saturated heterocycles. The predicted octanol–water partition coefficient (Wildman–Crippen LogP) is 2.52. The van der Waals surface area contributed by atoms with Crippen LogP contribution >= 0.6 is 11.6 Å².